The van der Waals surface area contributed by atoms with E-state index in [4.69, 9.17) is 18.9 Å². The SMILES string of the molecule is COc1ccc(C(=O)N[C@@H](C)[C@H]2COc3ccccc3O2)c(OC)c1. The molecule has 0 fully saturated rings. The number of benzene rings is 2. The van der Waals surface area contributed by atoms with Gasteiger partial charge in [0.15, 0.2) is 17.6 Å². The summed E-state index contributed by atoms with van der Waals surface area (Å²) in [6.07, 6.45) is -0.275. The Morgan fingerprint density at radius 3 is 2.64 bits per heavy atom. The van der Waals surface area contributed by atoms with Crippen LogP contribution in [0.2, 0.25) is 0 Å². The van der Waals surface area contributed by atoms with Gasteiger partial charge in [-0.2, -0.15) is 0 Å². The van der Waals surface area contributed by atoms with Gasteiger partial charge in [0.2, 0.25) is 0 Å². The van der Waals surface area contributed by atoms with Crippen LogP contribution in [0.1, 0.15) is 17.3 Å². The van der Waals surface area contributed by atoms with Gasteiger partial charge in [-0.1, -0.05) is 12.1 Å². The summed E-state index contributed by atoms with van der Waals surface area (Å²) in [5.74, 6) is 2.24. The van der Waals surface area contributed by atoms with Crippen LogP contribution in [0.15, 0.2) is 42.5 Å². The molecule has 3 rings (SSSR count). The van der Waals surface area contributed by atoms with Crippen LogP contribution in [0.5, 0.6) is 23.0 Å². The van der Waals surface area contributed by atoms with Gasteiger partial charge in [-0.3, -0.25) is 4.79 Å². The fourth-order valence-electron chi connectivity index (χ4n) is 2.65. The van der Waals surface area contributed by atoms with Crippen LogP contribution in [0.4, 0.5) is 0 Å². The Morgan fingerprint density at radius 1 is 1.16 bits per heavy atom. The molecule has 0 unspecified atom stereocenters. The second kappa shape index (κ2) is 7.34. The summed E-state index contributed by atoms with van der Waals surface area (Å²) in [5, 5.41) is 2.94. The minimum atomic E-state index is -0.275. The van der Waals surface area contributed by atoms with Gasteiger partial charge < -0.3 is 24.3 Å². The highest BCUT2D eigenvalue weighted by Crippen LogP contribution is 2.31. The number of para-hydroxylation sites is 2. The van der Waals surface area contributed by atoms with Crippen molar-refractivity contribution in [3.05, 3.63) is 48.0 Å². The van der Waals surface area contributed by atoms with E-state index in [1.165, 1.54) is 7.11 Å². The lowest BCUT2D eigenvalue weighted by atomic mass is 10.1. The molecular formula is C19H21NO5. The number of hydrogen-bond donors (Lipinski definition) is 1. The van der Waals surface area contributed by atoms with Crippen LogP contribution < -0.4 is 24.3 Å². The Labute approximate surface area is 146 Å². The van der Waals surface area contributed by atoms with Gasteiger partial charge in [-0.05, 0) is 31.2 Å². The van der Waals surface area contributed by atoms with Crippen LogP contribution >= 0.6 is 0 Å². The van der Waals surface area contributed by atoms with Crippen molar-refractivity contribution in [1.82, 2.24) is 5.32 Å². The molecule has 1 heterocycles. The number of methoxy groups -OCH3 is 2. The molecule has 0 bridgehead atoms. The molecular weight excluding hydrogens is 322 g/mol. The Morgan fingerprint density at radius 2 is 1.92 bits per heavy atom. The summed E-state index contributed by atoms with van der Waals surface area (Å²) in [6, 6.07) is 12.3. The van der Waals surface area contributed by atoms with Gasteiger partial charge in [0.25, 0.3) is 5.91 Å². The van der Waals surface area contributed by atoms with Crippen molar-refractivity contribution in [2.75, 3.05) is 20.8 Å². The number of amides is 1. The van der Waals surface area contributed by atoms with Crippen LogP contribution in [-0.2, 0) is 0 Å². The monoisotopic (exact) mass is 343 g/mol. The van der Waals surface area contributed by atoms with Crippen molar-refractivity contribution < 1.29 is 23.7 Å². The number of carbonyl (C=O) groups excluding carboxylic acids is 1. The molecule has 0 spiro atoms. The second-order valence-electron chi connectivity index (χ2n) is 5.74. The molecule has 1 N–H and O–H groups in total. The number of ether oxygens (including phenoxy) is 4. The third kappa shape index (κ3) is 3.63. The van der Waals surface area contributed by atoms with E-state index in [0.29, 0.717) is 35.2 Å². The Balaban J connectivity index is 1.69. The zero-order valence-corrected chi connectivity index (χ0v) is 14.4. The van der Waals surface area contributed by atoms with Gasteiger partial charge >= 0.3 is 0 Å². The van der Waals surface area contributed by atoms with Crippen molar-refractivity contribution in [2.45, 2.75) is 19.1 Å². The molecule has 132 valence electrons. The molecule has 1 aliphatic heterocycles. The van der Waals surface area contributed by atoms with Crippen molar-refractivity contribution in [3.63, 3.8) is 0 Å². The fraction of sp³-hybridized carbons (Fsp3) is 0.316. The number of rotatable bonds is 5. The van der Waals surface area contributed by atoms with Gasteiger partial charge in [-0.25, -0.2) is 0 Å². The van der Waals surface area contributed by atoms with Crippen molar-refractivity contribution in [3.8, 4) is 23.0 Å². The molecule has 25 heavy (non-hydrogen) atoms. The van der Waals surface area contributed by atoms with E-state index in [1.807, 2.05) is 31.2 Å². The second-order valence-corrected chi connectivity index (χ2v) is 5.74. The van der Waals surface area contributed by atoms with Gasteiger partial charge in [0, 0.05) is 6.07 Å². The molecule has 2 aromatic carbocycles. The van der Waals surface area contributed by atoms with Crippen LogP contribution in [0.25, 0.3) is 0 Å². The van der Waals surface area contributed by atoms with Crippen molar-refractivity contribution >= 4 is 5.91 Å². The molecule has 6 nitrogen and oxygen atoms in total. The Kier molecular flexibility index (Phi) is 4.97. The largest absolute Gasteiger partial charge is 0.497 e. The molecule has 2 atom stereocenters. The highest BCUT2D eigenvalue weighted by Gasteiger charge is 2.28. The van der Waals surface area contributed by atoms with Crippen molar-refractivity contribution in [2.24, 2.45) is 0 Å². The lowest BCUT2D eigenvalue weighted by molar-refractivity contribution is 0.0605. The first kappa shape index (κ1) is 17.0. The fourth-order valence-corrected chi connectivity index (χ4v) is 2.65. The van der Waals surface area contributed by atoms with E-state index >= 15 is 0 Å². The summed E-state index contributed by atoms with van der Waals surface area (Å²) < 4.78 is 22.1. The van der Waals surface area contributed by atoms with Gasteiger partial charge in [-0.15, -0.1) is 0 Å². The van der Waals surface area contributed by atoms with E-state index in [2.05, 4.69) is 5.32 Å². The van der Waals surface area contributed by atoms with Crippen LogP contribution in [0.3, 0.4) is 0 Å². The third-order valence-corrected chi connectivity index (χ3v) is 4.10. The molecule has 1 amide bonds. The predicted molar refractivity (Wildman–Crippen MR) is 92.8 cm³/mol. The predicted octanol–water partition coefficient (Wildman–Crippen LogP) is 2.66. The van der Waals surface area contributed by atoms with Crippen LogP contribution in [0, 0.1) is 0 Å². The average Bonchev–Trinajstić information content (AvgIpc) is 2.66. The maximum atomic E-state index is 12.6. The first-order chi connectivity index (χ1) is 12.1. The third-order valence-electron chi connectivity index (χ3n) is 4.10. The Bertz CT molecular complexity index is 761. The average molecular weight is 343 g/mol. The first-order valence-electron chi connectivity index (χ1n) is 8.03. The first-order valence-corrected chi connectivity index (χ1v) is 8.03. The van der Waals surface area contributed by atoms with E-state index in [9.17, 15) is 4.79 Å². The molecule has 0 aliphatic carbocycles. The lowest BCUT2D eigenvalue weighted by Gasteiger charge is -2.30. The normalized spacial score (nSPS) is 16.7. The number of hydrogen-bond acceptors (Lipinski definition) is 5. The zero-order chi connectivity index (χ0) is 17.8. The highest BCUT2D eigenvalue weighted by atomic mass is 16.6. The molecule has 6 heteroatoms. The van der Waals surface area contributed by atoms with Crippen molar-refractivity contribution in [1.29, 1.82) is 0 Å². The summed E-state index contributed by atoms with van der Waals surface area (Å²) in [5.41, 5.74) is 0.437. The lowest BCUT2D eigenvalue weighted by Crippen LogP contribution is -2.48. The highest BCUT2D eigenvalue weighted by molar-refractivity contribution is 5.97. The molecule has 0 saturated heterocycles. The van der Waals surface area contributed by atoms with E-state index in [0.717, 1.165) is 0 Å². The topological polar surface area (TPSA) is 66.0 Å². The van der Waals surface area contributed by atoms with E-state index in [1.54, 1.807) is 25.3 Å². The summed E-state index contributed by atoms with van der Waals surface area (Å²) in [6.45, 7) is 2.26. The molecule has 0 saturated carbocycles. The minimum absolute atomic E-state index is 0.241. The number of carbonyl (C=O) groups is 1. The maximum absolute atomic E-state index is 12.6. The van der Waals surface area contributed by atoms with E-state index < -0.39 is 0 Å². The van der Waals surface area contributed by atoms with Gasteiger partial charge in [0.1, 0.15) is 18.1 Å². The standard InChI is InChI=1S/C19H21NO5/c1-12(18-11-24-15-6-4-5-7-16(15)25-18)20-19(21)14-9-8-13(22-2)10-17(14)23-3/h4-10,12,18H,11H2,1-3H3,(H,20,21)/t12-,18+/m0/s1. The molecule has 0 radical (unpaired) electrons. The van der Waals surface area contributed by atoms with Gasteiger partial charge in [0.05, 0.1) is 25.8 Å². The maximum Gasteiger partial charge on any atom is 0.255 e. The summed E-state index contributed by atoms with van der Waals surface area (Å²) >= 11 is 0. The van der Waals surface area contributed by atoms with E-state index in [-0.39, 0.29) is 18.1 Å². The zero-order valence-electron chi connectivity index (χ0n) is 14.4. The number of fused-ring (bicyclic) bond motifs is 1. The quantitative estimate of drug-likeness (QED) is 0.904. The molecule has 0 aromatic heterocycles. The molecule has 1 aliphatic rings. The minimum Gasteiger partial charge on any atom is -0.497 e. The Hall–Kier alpha value is -2.89. The summed E-state index contributed by atoms with van der Waals surface area (Å²) in [4.78, 5) is 12.6. The molecule has 2 aromatic rings. The smallest absolute Gasteiger partial charge is 0.255 e. The summed E-state index contributed by atoms with van der Waals surface area (Å²) in [7, 11) is 3.08. The number of nitrogens with one attached hydrogen (secondary N) is 1. The van der Waals surface area contributed by atoms with Crippen LogP contribution in [-0.4, -0.2) is 38.9 Å².